The van der Waals surface area contributed by atoms with E-state index in [1.54, 1.807) is 17.0 Å². The predicted molar refractivity (Wildman–Crippen MR) is 94.8 cm³/mol. The minimum atomic E-state index is -3.11. The summed E-state index contributed by atoms with van der Waals surface area (Å²) in [6.07, 6.45) is 1.11. The highest BCUT2D eigenvalue weighted by Crippen LogP contribution is 2.21. The Morgan fingerprint density at radius 1 is 1.32 bits per heavy atom. The number of esters is 1. The van der Waals surface area contributed by atoms with Crippen molar-refractivity contribution in [1.29, 1.82) is 0 Å². The van der Waals surface area contributed by atoms with Gasteiger partial charge in [0.2, 0.25) is 0 Å². The fourth-order valence-electron chi connectivity index (χ4n) is 2.91. The van der Waals surface area contributed by atoms with Gasteiger partial charge in [0.05, 0.1) is 17.1 Å². The van der Waals surface area contributed by atoms with Gasteiger partial charge >= 0.3 is 5.97 Å². The number of carbonyl (C=O) groups excluding carboxylic acids is 2. The molecule has 2 N–H and O–H groups in total. The normalized spacial score (nSPS) is 20.0. The molecule has 1 fully saturated rings. The van der Waals surface area contributed by atoms with Crippen LogP contribution in [0.15, 0.2) is 24.3 Å². The van der Waals surface area contributed by atoms with E-state index in [4.69, 9.17) is 10.5 Å². The first kappa shape index (κ1) is 19.2. The molecular weight excluding hydrogens is 344 g/mol. The van der Waals surface area contributed by atoms with E-state index in [2.05, 4.69) is 0 Å². The lowest BCUT2D eigenvalue weighted by molar-refractivity contribution is -0.138. The van der Waals surface area contributed by atoms with Gasteiger partial charge in [0.1, 0.15) is 0 Å². The summed E-state index contributed by atoms with van der Waals surface area (Å²) in [4.78, 5) is 26.1. The van der Waals surface area contributed by atoms with Crippen molar-refractivity contribution in [1.82, 2.24) is 4.90 Å². The number of benzene rings is 1. The van der Waals surface area contributed by atoms with Crippen LogP contribution >= 0.6 is 0 Å². The van der Waals surface area contributed by atoms with Gasteiger partial charge in [0.25, 0.3) is 5.91 Å². The number of nitrogens with two attached hydrogens (primary N) is 1. The van der Waals surface area contributed by atoms with Crippen molar-refractivity contribution in [3.05, 3.63) is 29.8 Å². The molecule has 1 aliphatic rings. The topological polar surface area (TPSA) is 107 Å². The molecule has 7 nitrogen and oxygen atoms in total. The summed E-state index contributed by atoms with van der Waals surface area (Å²) in [6, 6.07) is 5.72. The second kappa shape index (κ2) is 7.86. The average Bonchev–Trinajstić information content (AvgIpc) is 2.92. The highest BCUT2D eigenvalue weighted by Gasteiger charge is 2.36. The Labute approximate surface area is 148 Å². The van der Waals surface area contributed by atoms with Gasteiger partial charge in [-0.25, -0.2) is 13.2 Å². The first-order valence-corrected chi connectivity index (χ1v) is 10.1. The third-order valence-corrected chi connectivity index (χ3v) is 6.18. The lowest BCUT2D eigenvalue weighted by Crippen LogP contribution is -2.48. The molecule has 1 aliphatic heterocycles. The average molecular weight is 368 g/mol. The van der Waals surface area contributed by atoms with Crippen LogP contribution in [0.1, 0.15) is 37.0 Å². The van der Waals surface area contributed by atoms with E-state index in [0.29, 0.717) is 24.1 Å². The number of hydrogen-bond donors (Lipinski definition) is 1. The maximum Gasteiger partial charge on any atom is 0.338 e. The first-order valence-electron chi connectivity index (χ1n) is 8.27. The maximum atomic E-state index is 12.6. The predicted octanol–water partition coefficient (Wildman–Crippen LogP) is 1.24. The molecule has 1 aromatic rings. The smallest absolute Gasteiger partial charge is 0.338 e. The Bertz CT molecular complexity index is 730. The Kier molecular flexibility index (Phi) is 6.05. The van der Waals surface area contributed by atoms with Crippen molar-refractivity contribution < 1.29 is 22.7 Å². The van der Waals surface area contributed by atoms with Gasteiger partial charge in [0, 0.05) is 17.8 Å². The van der Waals surface area contributed by atoms with E-state index in [9.17, 15) is 18.0 Å². The zero-order valence-electron chi connectivity index (χ0n) is 14.5. The van der Waals surface area contributed by atoms with Crippen LogP contribution in [-0.4, -0.2) is 55.4 Å². The molecule has 138 valence electrons. The summed E-state index contributed by atoms with van der Waals surface area (Å²) >= 11 is 0. The second-order valence-electron chi connectivity index (χ2n) is 6.31. The minimum absolute atomic E-state index is 0.0327. The Balaban J connectivity index is 2.02. The minimum Gasteiger partial charge on any atom is -0.452 e. The quantitative estimate of drug-likeness (QED) is 0.598. The van der Waals surface area contributed by atoms with Crippen LogP contribution in [0.3, 0.4) is 0 Å². The molecule has 1 amide bonds. The molecule has 1 aromatic carbocycles. The van der Waals surface area contributed by atoms with Gasteiger partial charge in [-0.15, -0.1) is 0 Å². The van der Waals surface area contributed by atoms with Gasteiger partial charge in [-0.3, -0.25) is 4.79 Å². The van der Waals surface area contributed by atoms with Gasteiger partial charge in [-0.2, -0.15) is 0 Å². The van der Waals surface area contributed by atoms with E-state index in [1.165, 1.54) is 12.1 Å². The maximum absolute atomic E-state index is 12.6. The van der Waals surface area contributed by atoms with E-state index in [0.717, 1.165) is 0 Å². The lowest BCUT2D eigenvalue weighted by Gasteiger charge is -2.33. The molecule has 8 heteroatoms. The fraction of sp³-hybridized carbons (Fsp3) is 0.529. The highest BCUT2D eigenvalue weighted by atomic mass is 32.2. The van der Waals surface area contributed by atoms with Gasteiger partial charge < -0.3 is 15.4 Å². The van der Waals surface area contributed by atoms with Crippen molar-refractivity contribution in [3.8, 4) is 0 Å². The van der Waals surface area contributed by atoms with Gasteiger partial charge in [-0.1, -0.05) is 6.92 Å². The number of carbonyl (C=O) groups is 2. The molecule has 0 aliphatic carbocycles. The molecule has 0 unspecified atom stereocenters. The van der Waals surface area contributed by atoms with Crippen LogP contribution in [0.25, 0.3) is 0 Å². The molecular formula is C17H24N2O5S. The molecule has 25 heavy (non-hydrogen) atoms. The van der Waals surface area contributed by atoms with Crippen molar-refractivity contribution in [2.45, 2.75) is 38.8 Å². The number of amides is 1. The molecule has 1 saturated heterocycles. The summed E-state index contributed by atoms with van der Waals surface area (Å²) < 4.78 is 28.5. The molecule has 0 aromatic heterocycles. The molecule has 1 heterocycles. The number of hydrogen-bond acceptors (Lipinski definition) is 6. The number of nitrogens with zero attached hydrogens (tertiary/aromatic N) is 1. The van der Waals surface area contributed by atoms with Crippen molar-refractivity contribution >= 4 is 27.4 Å². The summed E-state index contributed by atoms with van der Waals surface area (Å²) in [6.45, 7) is 3.38. The Morgan fingerprint density at radius 2 is 1.96 bits per heavy atom. The Morgan fingerprint density at radius 3 is 2.48 bits per heavy atom. The van der Waals surface area contributed by atoms with E-state index in [-0.39, 0.29) is 29.5 Å². The number of anilines is 1. The van der Waals surface area contributed by atoms with Crippen molar-refractivity contribution in [3.63, 3.8) is 0 Å². The summed E-state index contributed by atoms with van der Waals surface area (Å²) in [5.74, 6) is -0.935. The third-order valence-electron chi connectivity index (χ3n) is 4.43. The van der Waals surface area contributed by atoms with Crippen molar-refractivity contribution in [2.24, 2.45) is 0 Å². The largest absolute Gasteiger partial charge is 0.452 e. The lowest BCUT2D eigenvalue weighted by atomic mass is 10.1. The zero-order valence-corrected chi connectivity index (χ0v) is 15.3. The van der Waals surface area contributed by atoms with E-state index < -0.39 is 22.4 Å². The molecule has 0 bridgehead atoms. The number of ether oxygens (including phenoxy) is 1. The van der Waals surface area contributed by atoms with Gasteiger partial charge in [0.15, 0.2) is 16.4 Å². The molecule has 0 spiro atoms. The van der Waals surface area contributed by atoms with E-state index >= 15 is 0 Å². The van der Waals surface area contributed by atoms with Crippen LogP contribution in [0.5, 0.6) is 0 Å². The number of nitrogen functional groups attached to an aromatic ring is 1. The van der Waals surface area contributed by atoms with Crippen LogP contribution < -0.4 is 5.73 Å². The van der Waals surface area contributed by atoms with Crippen LogP contribution in [0, 0.1) is 0 Å². The SMILES string of the molecule is CC[C@@H](C)N(C(=O)COC(=O)c1ccc(N)cc1)[C@H]1CCS(=O)(=O)C1. The molecule has 0 saturated carbocycles. The standard InChI is InChI=1S/C17H24N2O5S/c1-3-12(2)19(15-8-9-25(22,23)11-15)16(20)10-24-17(21)13-4-6-14(18)7-5-13/h4-7,12,15H,3,8-11,18H2,1-2H3/t12-,15+/m1/s1. The van der Waals surface area contributed by atoms with Crippen LogP contribution in [0.2, 0.25) is 0 Å². The first-order chi connectivity index (χ1) is 11.7. The molecule has 0 radical (unpaired) electrons. The van der Waals surface area contributed by atoms with Gasteiger partial charge in [-0.05, 0) is 44.0 Å². The van der Waals surface area contributed by atoms with Crippen LogP contribution in [-0.2, 0) is 19.4 Å². The van der Waals surface area contributed by atoms with Crippen molar-refractivity contribution in [2.75, 3.05) is 23.8 Å². The summed E-state index contributed by atoms with van der Waals surface area (Å²) in [7, 11) is -3.11. The fourth-order valence-corrected chi connectivity index (χ4v) is 4.62. The van der Waals surface area contributed by atoms with E-state index in [1.807, 2.05) is 13.8 Å². The second-order valence-corrected chi connectivity index (χ2v) is 8.54. The monoisotopic (exact) mass is 368 g/mol. The third kappa shape index (κ3) is 4.94. The molecule has 2 atom stereocenters. The van der Waals surface area contributed by atoms with Crippen LogP contribution in [0.4, 0.5) is 5.69 Å². The molecule has 2 rings (SSSR count). The number of rotatable bonds is 6. The number of sulfone groups is 1. The zero-order chi connectivity index (χ0) is 18.6. The summed E-state index contributed by atoms with van der Waals surface area (Å²) in [5, 5.41) is 0. The Hall–Kier alpha value is -2.09. The highest BCUT2D eigenvalue weighted by molar-refractivity contribution is 7.91. The summed E-state index contributed by atoms with van der Waals surface area (Å²) in [5.41, 5.74) is 6.40.